The molecule has 1 aromatic heterocycles. The zero-order chi connectivity index (χ0) is 23.3. The standard InChI is InChI=1S/C27H19FN4OS/c28-22-15-13-20(14-16-22)25(33)31-26-24(19-8-2-1-3-9-19)30-27(34-26)32-29-17-21-11-6-10-18-7-4-5-12-23(18)21/h1-17H,(H,30,32)(H,31,33). The lowest BCUT2D eigenvalue weighted by molar-refractivity contribution is 0.102. The summed E-state index contributed by atoms with van der Waals surface area (Å²) in [6.07, 6.45) is 1.75. The second-order valence-corrected chi connectivity index (χ2v) is 8.46. The summed E-state index contributed by atoms with van der Waals surface area (Å²) in [6, 6.07) is 29.1. The summed E-state index contributed by atoms with van der Waals surface area (Å²) < 4.78 is 13.2. The van der Waals surface area contributed by atoms with Gasteiger partial charge < -0.3 is 5.32 Å². The highest BCUT2D eigenvalue weighted by Crippen LogP contribution is 2.36. The molecule has 0 aliphatic carbocycles. The van der Waals surface area contributed by atoms with E-state index in [0.717, 1.165) is 21.9 Å². The number of thiazole rings is 1. The van der Waals surface area contributed by atoms with Crippen LogP contribution in [0.4, 0.5) is 14.5 Å². The minimum atomic E-state index is -0.394. The monoisotopic (exact) mass is 466 g/mol. The molecule has 0 aliphatic heterocycles. The van der Waals surface area contributed by atoms with Gasteiger partial charge >= 0.3 is 0 Å². The molecule has 0 spiro atoms. The molecule has 0 radical (unpaired) electrons. The smallest absolute Gasteiger partial charge is 0.256 e. The number of hydrogen-bond donors (Lipinski definition) is 2. The van der Waals surface area contributed by atoms with Crippen molar-refractivity contribution < 1.29 is 9.18 Å². The second-order valence-electron chi connectivity index (χ2n) is 7.46. The molecule has 1 heterocycles. The molecule has 0 bridgehead atoms. The van der Waals surface area contributed by atoms with Crippen LogP contribution in [0.5, 0.6) is 0 Å². The summed E-state index contributed by atoms with van der Waals surface area (Å²) in [5, 5.41) is 10.6. The molecule has 0 atom stereocenters. The van der Waals surface area contributed by atoms with Crippen LogP contribution in [-0.4, -0.2) is 17.1 Å². The number of nitrogens with one attached hydrogen (secondary N) is 2. The Hall–Kier alpha value is -4.36. The Bertz CT molecular complexity index is 1470. The van der Waals surface area contributed by atoms with E-state index >= 15 is 0 Å². The molecule has 5 nitrogen and oxygen atoms in total. The number of amides is 1. The van der Waals surface area contributed by atoms with Crippen LogP contribution in [0.3, 0.4) is 0 Å². The van der Waals surface area contributed by atoms with Gasteiger partial charge in [-0.2, -0.15) is 5.10 Å². The number of benzene rings is 4. The number of rotatable bonds is 6. The van der Waals surface area contributed by atoms with Gasteiger partial charge in [-0.25, -0.2) is 9.37 Å². The van der Waals surface area contributed by atoms with E-state index < -0.39 is 5.82 Å². The third-order valence-electron chi connectivity index (χ3n) is 5.20. The van der Waals surface area contributed by atoms with E-state index in [9.17, 15) is 9.18 Å². The molecule has 0 unspecified atom stereocenters. The third-order valence-corrected chi connectivity index (χ3v) is 6.07. The normalized spacial score (nSPS) is 11.1. The first-order valence-corrected chi connectivity index (χ1v) is 11.4. The number of aromatic nitrogens is 1. The lowest BCUT2D eigenvalue weighted by Crippen LogP contribution is -2.11. The highest BCUT2D eigenvalue weighted by Gasteiger charge is 2.16. The van der Waals surface area contributed by atoms with Crippen LogP contribution in [0.15, 0.2) is 102 Å². The maximum atomic E-state index is 13.2. The topological polar surface area (TPSA) is 66.4 Å². The molecular formula is C27H19FN4OS. The van der Waals surface area contributed by atoms with Gasteiger partial charge in [-0.3, -0.25) is 10.2 Å². The van der Waals surface area contributed by atoms with Crippen molar-refractivity contribution in [2.45, 2.75) is 0 Å². The molecule has 0 aliphatic rings. The Morgan fingerprint density at radius 1 is 0.882 bits per heavy atom. The Labute approximate surface area is 199 Å². The molecule has 5 rings (SSSR count). The van der Waals surface area contributed by atoms with Gasteiger partial charge in [-0.15, -0.1) is 0 Å². The molecule has 2 N–H and O–H groups in total. The van der Waals surface area contributed by atoms with Crippen LogP contribution in [0.25, 0.3) is 22.0 Å². The minimum absolute atomic E-state index is 0.341. The van der Waals surface area contributed by atoms with Crippen LogP contribution in [-0.2, 0) is 0 Å². The third kappa shape index (κ3) is 4.69. The Balaban J connectivity index is 1.41. The van der Waals surface area contributed by atoms with Gasteiger partial charge in [-0.05, 0) is 35.0 Å². The maximum Gasteiger partial charge on any atom is 0.256 e. The highest BCUT2D eigenvalue weighted by atomic mass is 32.1. The quantitative estimate of drug-likeness (QED) is 0.214. The molecule has 34 heavy (non-hydrogen) atoms. The zero-order valence-corrected chi connectivity index (χ0v) is 18.7. The first kappa shape index (κ1) is 21.5. The van der Waals surface area contributed by atoms with Crippen LogP contribution in [0.1, 0.15) is 15.9 Å². The van der Waals surface area contributed by atoms with Gasteiger partial charge in [0.05, 0.1) is 6.21 Å². The molecule has 0 saturated heterocycles. The fourth-order valence-electron chi connectivity index (χ4n) is 3.54. The molecule has 5 aromatic rings. The SMILES string of the molecule is O=C(Nc1sc(NN=Cc2cccc3ccccc23)nc1-c1ccccc1)c1ccc(F)cc1. The number of fused-ring (bicyclic) bond motifs is 1. The highest BCUT2D eigenvalue weighted by molar-refractivity contribution is 7.20. The summed E-state index contributed by atoms with van der Waals surface area (Å²) in [4.78, 5) is 17.4. The molecule has 0 fully saturated rings. The van der Waals surface area contributed by atoms with E-state index in [2.05, 4.69) is 39.0 Å². The summed E-state index contributed by atoms with van der Waals surface area (Å²) >= 11 is 1.28. The predicted molar refractivity (Wildman–Crippen MR) is 137 cm³/mol. The number of carbonyl (C=O) groups is 1. The Morgan fingerprint density at radius 2 is 1.62 bits per heavy atom. The fourth-order valence-corrected chi connectivity index (χ4v) is 4.37. The lowest BCUT2D eigenvalue weighted by atomic mass is 10.1. The number of nitrogens with zero attached hydrogens (tertiary/aromatic N) is 2. The molecule has 4 aromatic carbocycles. The van der Waals surface area contributed by atoms with Crippen molar-refractivity contribution in [1.29, 1.82) is 0 Å². The number of anilines is 2. The van der Waals surface area contributed by atoms with Gasteiger partial charge in [0.1, 0.15) is 16.5 Å². The second kappa shape index (κ2) is 9.64. The number of hydrogen-bond acceptors (Lipinski definition) is 5. The van der Waals surface area contributed by atoms with Gasteiger partial charge in [0.2, 0.25) is 5.13 Å². The first-order valence-electron chi connectivity index (χ1n) is 10.6. The van der Waals surface area contributed by atoms with Gasteiger partial charge in [-0.1, -0.05) is 84.1 Å². The minimum Gasteiger partial charge on any atom is -0.312 e. The van der Waals surface area contributed by atoms with Crippen LogP contribution < -0.4 is 10.7 Å². The van der Waals surface area contributed by atoms with Crippen molar-refractivity contribution in [2.24, 2.45) is 5.10 Å². The molecular weight excluding hydrogens is 447 g/mol. The zero-order valence-electron chi connectivity index (χ0n) is 17.9. The van der Waals surface area contributed by atoms with Crippen molar-refractivity contribution >= 4 is 44.4 Å². The molecule has 166 valence electrons. The number of hydrazone groups is 1. The van der Waals surface area contributed by atoms with E-state index in [1.807, 2.05) is 54.6 Å². The van der Waals surface area contributed by atoms with Crippen LogP contribution >= 0.6 is 11.3 Å². The van der Waals surface area contributed by atoms with Gasteiger partial charge in [0, 0.05) is 16.7 Å². The lowest BCUT2D eigenvalue weighted by Gasteiger charge is -2.05. The number of halogens is 1. The molecule has 7 heteroatoms. The van der Waals surface area contributed by atoms with Gasteiger partial charge in [0.15, 0.2) is 0 Å². The van der Waals surface area contributed by atoms with Crippen LogP contribution in [0, 0.1) is 5.82 Å². The molecule has 0 saturated carbocycles. The summed E-state index contributed by atoms with van der Waals surface area (Å²) in [6.45, 7) is 0. The summed E-state index contributed by atoms with van der Waals surface area (Å²) in [5.41, 5.74) is 5.81. The van der Waals surface area contributed by atoms with Crippen molar-refractivity contribution in [3.63, 3.8) is 0 Å². The van der Waals surface area contributed by atoms with E-state index in [-0.39, 0.29) is 5.91 Å². The van der Waals surface area contributed by atoms with Gasteiger partial charge in [0.25, 0.3) is 5.91 Å². The summed E-state index contributed by atoms with van der Waals surface area (Å²) in [7, 11) is 0. The predicted octanol–water partition coefficient (Wildman–Crippen LogP) is 6.80. The van der Waals surface area contributed by atoms with E-state index in [0.29, 0.717) is 21.4 Å². The largest absolute Gasteiger partial charge is 0.312 e. The number of carbonyl (C=O) groups excluding carboxylic acids is 1. The van der Waals surface area contributed by atoms with Crippen molar-refractivity contribution in [1.82, 2.24) is 4.98 Å². The van der Waals surface area contributed by atoms with E-state index in [1.54, 1.807) is 6.21 Å². The van der Waals surface area contributed by atoms with Crippen molar-refractivity contribution in [3.05, 3.63) is 114 Å². The molecule has 1 amide bonds. The Morgan fingerprint density at radius 3 is 2.44 bits per heavy atom. The Kier molecular flexibility index (Phi) is 6.09. The van der Waals surface area contributed by atoms with Crippen molar-refractivity contribution in [3.8, 4) is 11.3 Å². The average molecular weight is 467 g/mol. The van der Waals surface area contributed by atoms with Crippen molar-refractivity contribution in [2.75, 3.05) is 10.7 Å². The van der Waals surface area contributed by atoms with E-state index in [1.165, 1.54) is 35.6 Å². The van der Waals surface area contributed by atoms with Crippen LogP contribution in [0.2, 0.25) is 0 Å². The van der Waals surface area contributed by atoms with E-state index in [4.69, 9.17) is 0 Å². The summed E-state index contributed by atoms with van der Waals surface area (Å²) in [5.74, 6) is -0.735. The first-order chi connectivity index (χ1) is 16.7. The fraction of sp³-hybridized carbons (Fsp3) is 0. The average Bonchev–Trinajstić information content (AvgIpc) is 3.27. The maximum absolute atomic E-state index is 13.2.